The summed E-state index contributed by atoms with van der Waals surface area (Å²) in [5.74, 6) is 0.389. The predicted octanol–water partition coefficient (Wildman–Crippen LogP) is 3.57. The van der Waals surface area contributed by atoms with Crippen LogP contribution >= 0.6 is 11.6 Å². The number of pyridine rings is 1. The van der Waals surface area contributed by atoms with E-state index in [2.05, 4.69) is 10.2 Å². The number of ether oxygens (including phenoxy) is 1. The molecule has 7 heteroatoms. The van der Waals surface area contributed by atoms with Crippen molar-refractivity contribution in [2.75, 3.05) is 25.1 Å². The Morgan fingerprint density at radius 3 is 2.74 bits per heavy atom. The molecule has 1 fully saturated rings. The number of halogens is 1. The number of hydrogen-bond donors (Lipinski definition) is 1. The average molecular weight is 438 g/mol. The SMILES string of the molecule is COc1ccc(Cl)cc1N1CCC(NC(=O)c2cccn(Cc3ccccc3)c2=O)C1. The van der Waals surface area contributed by atoms with E-state index >= 15 is 0 Å². The summed E-state index contributed by atoms with van der Waals surface area (Å²) in [6, 6.07) is 18.4. The van der Waals surface area contributed by atoms with Crippen molar-refractivity contribution in [2.45, 2.75) is 19.0 Å². The molecule has 1 unspecified atom stereocenters. The van der Waals surface area contributed by atoms with Crippen molar-refractivity contribution in [2.24, 2.45) is 0 Å². The van der Waals surface area contributed by atoms with Crippen LogP contribution in [0.4, 0.5) is 5.69 Å². The standard InChI is InChI=1S/C24H24ClN3O3/c1-31-22-10-9-18(25)14-21(22)27-13-11-19(16-27)26-23(29)20-8-5-12-28(24(20)30)15-17-6-3-2-4-7-17/h2-10,12,14,19H,11,13,15-16H2,1H3,(H,26,29). The van der Waals surface area contributed by atoms with Crippen LogP contribution in [0.25, 0.3) is 0 Å². The number of aromatic nitrogens is 1. The maximum atomic E-state index is 12.9. The molecule has 0 radical (unpaired) electrons. The first-order valence-corrected chi connectivity index (χ1v) is 10.6. The minimum absolute atomic E-state index is 0.0710. The third-order valence-electron chi connectivity index (χ3n) is 5.47. The van der Waals surface area contributed by atoms with E-state index in [1.54, 1.807) is 36.1 Å². The van der Waals surface area contributed by atoms with Crippen LogP contribution in [0.5, 0.6) is 5.75 Å². The van der Waals surface area contributed by atoms with Gasteiger partial charge < -0.3 is 19.5 Å². The van der Waals surface area contributed by atoms with Crippen LogP contribution in [0.1, 0.15) is 22.3 Å². The lowest BCUT2D eigenvalue weighted by Crippen LogP contribution is -2.40. The summed E-state index contributed by atoms with van der Waals surface area (Å²) in [5.41, 5.74) is 1.76. The van der Waals surface area contributed by atoms with E-state index in [4.69, 9.17) is 16.3 Å². The van der Waals surface area contributed by atoms with Crippen LogP contribution in [0.3, 0.4) is 0 Å². The van der Waals surface area contributed by atoms with Crippen LogP contribution in [0.15, 0.2) is 71.7 Å². The molecule has 0 aliphatic carbocycles. The molecular weight excluding hydrogens is 414 g/mol. The fourth-order valence-corrected chi connectivity index (χ4v) is 4.05. The summed E-state index contributed by atoms with van der Waals surface area (Å²) in [4.78, 5) is 27.8. The lowest BCUT2D eigenvalue weighted by Gasteiger charge is -2.21. The van der Waals surface area contributed by atoms with Gasteiger partial charge in [-0.2, -0.15) is 0 Å². The second kappa shape index (κ2) is 9.27. The number of benzene rings is 2. The third-order valence-corrected chi connectivity index (χ3v) is 5.70. The van der Waals surface area contributed by atoms with Gasteiger partial charge in [0.2, 0.25) is 0 Å². The van der Waals surface area contributed by atoms with E-state index in [1.165, 1.54) is 0 Å². The highest BCUT2D eigenvalue weighted by Crippen LogP contribution is 2.33. The lowest BCUT2D eigenvalue weighted by atomic mass is 10.2. The Bertz CT molecular complexity index is 1130. The molecule has 1 aliphatic rings. The van der Waals surface area contributed by atoms with Crippen molar-refractivity contribution in [1.29, 1.82) is 0 Å². The van der Waals surface area contributed by atoms with E-state index in [-0.39, 0.29) is 23.1 Å². The Balaban J connectivity index is 1.45. The molecule has 0 bridgehead atoms. The minimum Gasteiger partial charge on any atom is -0.495 e. The summed E-state index contributed by atoms with van der Waals surface area (Å²) < 4.78 is 7.00. The van der Waals surface area contributed by atoms with Crippen molar-refractivity contribution in [1.82, 2.24) is 9.88 Å². The Kier molecular flexibility index (Phi) is 6.28. The van der Waals surface area contributed by atoms with E-state index in [9.17, 15) is 9.59 Å². The number of anilines is 1. The first-order valence-electron chi connectivity index (χ1n) is 10.2. The topological polar surface area (TPSA) is 63.6 Å². The van der Waals surface area contributed by atoms with Crippen LogP contribution < -0.4 is 20.5 Å². The molecule has 4 rings (SSSR count). The summed E-state index contributed by atoms with van der Waals surface area (Å²) >= 11 is 6.15. The van der Waals surface area contributed by atoms with Crippen LogP contribution in [0.2, 0.25) is 5.02 Å². The molecule has 6 nitrogen and oxygen atoms in total. The third kappa shape index (κ3) is 4.75. The Morgan fingerprint density at radius 2 is 1.97 bits per heavy atom. The zero-order valence-corrected chi connectivity index (χ0v) is 18.0. The number of nitrogens with zero attached hydrogens (tertiary/aromatic N) is 2. The fraction of sp³-hybridized carbons (Fsp3) is 0.250. The summed E-state index contributed by atoms with van der Waals surface area (Å²) in [6.07, 6.45) is 2.47. The number of methoxy groups -OCH3 is 1. The first kappa shape index (κ1) is 21.0. The van der Waals surface area contributed by atoms with Crippen LogP contribution in [0, 0.1) is 0 Å². The molecule has 3 aromatic rings. The van der Waals surface area contributed by atoms with E-state index in [0.29, 0.717) is 18.1 Å². The van der Waals surface area contributed by atoms with Gasteiger partial charge in [-0.15, -0.1) is 0 Å². The molecule has 0 saturated carbocycles. The van der Waals surface area contributed by atoms with Crippen LogP contribution in [-0.2, 0) is 6.54 Å². The molecule has 1 aromatic heterocycles. The Hall–Kier alpha value is -3.25. The normalized spacial score (nSPS) is 15.7. The van der Waals surface area contributed by atoms with Crippen molar-refractivity contribution in [3.63, 3.8) is 0 Å². The summed E-state index contributed by atoms with van der Waals surface area (Å²) in [7, 11) is 1.62. The predicted molar refractivity (Wildman–Crippen MR) is 122 cm³/mol. The van der Waals surface area contributed by atoms with E-state index < -0.39 is 0 Å². The van der Waals surface area contributed by atoms with Crippen molar-refractivity contribution < 1.29 is 9.53 Å². The highest BCUT2D eigenvalue weighted by Gasteiger charge is 2.27. The monoisotopic (exact) mass is 437 g/mol. The summed E-state index contributed by atoms with van der Waals surface area (Å²) in [6.45, 7) is 1.80. The largest absolute Gasteiger partial charge is 0.495 e. The number of nitrogens with one attached hydrogen (secondary N) is 1. The zero-order valence-electron chi connectivity index (χ0n) is 17.3. The second-order valence-corrected chi connectivity index (χ2v) is 8.00. The van der Waals surface area contributed by atoms with Gasteiger partial charge in [-0.3, -0.25) is 9.59 Å². The maximum Gasteiger partial charge on any atom is 0.263 e. The van der Waals surface area contributed by atoms with Crippen molar-refractivity contribution in [3.05, 3.63) is 93.4 Å². The first-order chi connectivity index (χ1) is 15.0. The Labute approximate surface area is 186 Å². The second-order valence-electron chi connectivity index (χ2n) is 7.56. The molecule has 2 aromatic carbocycles. The van der Waals surface area contributed by atoms with Crippen molar-refractivity contribution >= 4 is 23.2 Å². The molecule has 1 amide bonds. The molecular formula is C24H24ClN3O3. The van der Waals surface area contributed by atoms with E-state index in [0.717, 1.165) is 30.0 Å². The Morgan fingerprint density at radius 1 is 1.16 bits per heavy atom. The number of rotatable bonds is 6. The highest BCUT2D eigenvalue weighted by molar-refractivity contribution is 6.30. The highest BCUT2D eigenvalue weighted by atomic mass is 35.5. The molecule has 160 valence electrons. The number of hydrogen-bond acceptors (Lipinski definition) is 4. The summed E-state index contributed by atoms with van der Waals surface area (Å²) in [5, 5.41) is 3.64. The zero-order chi connectivity index (χ0) is 21.8. The van der Waals surface area contributed by atoms with Gasteiger partial charge in [0.15, 0.2) is 0 Å². The molecule has 1 aliphatic heterocycles. The van der Waals surface area contributed by atoms with Gasteiger partial charge in [-0.25, -0.2) is 0 Å². The fourth-order valence-electron chi connectivity index (χ4n) is 3.88. The van der Waals surface area contributed by atoms with Gasteiger partial charge in [0, 0.05) is 30.4 Å². The van der Waals surface area contributed by atoms with Crippen molar-refractivity contribution in [3.8, 4) is 5.75 Å². The van der Waals surface area contributed by atoms with E-state index in [1.807, 2.05) is 42.5 Å². The van der Waals surface area contributed by atoms with Gasteiger partial charge in [-0.05, 0) is 42.3 Å². The number of amides is 1. The van der Waals surface area contributed by atoms with Gasteiger partial charge in [0.05, 0.1) is 19.3 Å². The molecule has 1 atom stereocenters. The number of carbonyl (C=O) groups excluding carboxylic acids is 1. The molecule has 0 spiro atoms. The van der Waals surface area contributed by atoms with Gasteiger partial charge >= 0.3 is 0 Å². The minimum atomic E-state index is -0.350. The maximum absolute atomic E-state index is 12.9. The number of carbonyl (C=O) groups is 1. The van der Waals surface area contributed by atoms with Gasteiger partial charge in [0.25, 0.3) is 11.5 Å². The molecule has 1 saturated heterocycles. The van der Waals surface area contributed by atoms with Gasteiger partial charge in [-0.1, -0.05) is 41.9 Å². The molecule has 2 heterocycles. The lowest BCUT2D eigenvalue weighted by molar-refractivity contribution is 0.0938. The smallest absolute Gasteiger partial charge is 0.263 e. The average Bonchev–Trinajstić information content (AvgIpc) is 3.24. The molecule has 31 heavy (non-hydrogen) atoms. The van der Waals surface area contributed by atoms with Crippen LogP contribution in [-0.4, -0.2) is 36.7 Å². The van der Waals surface area contributed by atoms with Gasteiger partial charge in [0.1, 0.15) is 11.3 Å². The quantitative estimate of drug-likeness (QED) is 0.640. The molecule has 1 N–H and O–H groups in total.